The summed E-state index contributed by atoms with van der Waals surface area (Å²) in [5.41, 5.74) is 0.704. The molecular weight excluding hydrogens is 1110 g/mol. The molecule has 446 valence electrons. The Morgan fingerprint density at radius 1 is 0.831 bits per heavy atom. The molecule has 0 spiro atoms. The van der Waals surface area contributed by atoms with E-state index in [1.165, 1.54) is 47.5 Å². The van der Waals surface area contributed by atoms with Gasteiger partial charge < -0.3 is 33.5 Å². The van der Waals surface area contributed by atoms with Crippen LogP contribution in [0.3, 0.4) is 0 Å². The monoisotopic (exact) mass is 1180 g/mol. The lowest BCUT2D eigenvalue weighted by Crippen LogP contribution is -2.47. The lowest BCUT2D eigenvalue weighted by Gasteiger charge is -2.39. The molecule has 8 rings (SSSR count). The topological polar surface area (TPSA) is 235 Å². The summed E-state index contributed by atoms with van der Waals surface area (Å²) in [6.07, 6.45) is 0.765. The summed E-state index contributed by atoms with van der Waals surface area (Å²) in [5, 5.41) is 17.6. The standard InChI is InChI=1S/C60H75ClN8O13S/c1-57(2,3)80-54(71)67(55(72)81-58(4,5)6)52-51-47(68(62-52)56(73)82-59(7,8)9)14-13-15-49(51)79-50-34-42(66-30-28-65(29-31-66)37-39-24-27-60(10,11)36-45(39)38-16-18-40(61)19-17-38)20-22-44(50)53(70)63-83(76,77)43-21-23-46(48(35-43)69(74)75)64(12)41-25-32-78-33-26-41/h13-23,34-35,41H,24-33,36-37H2,1-12H3,(H,63,70). The molecule has 0 radical (unpaired) electrons. The van der Waals surface area contributed by atoms with Crippen molar-refractivity contribution in [1.29, 1.82) is 0 Å². The number of piperazine rings is 1. The molecule has 1 aromatic heterocycles. The molecular formula is C60H75ClN8O13S. The van der Waals surface area contributed by atoms with Gasteiger partial charge in [0.25, 0.3) is 21.6 Å². The molecule has 4 aromatic carbocycles. The van der Waals surface area contributed by atoms with E-state index in [1.54, 1.807) is 86.4 Å². The Bertz CT molecular complexity index is 3410. The minimum Gasteiger partial charge on any atom is -0.456 e. The molecule has 3 aliphatic rings. The van der Waals surface area contributed by atoms with Crippen LogP contribution in [0.15, 0.2) is 89.3 Å². The minimum absolute atomic E-state index is 0.00640. The van der Waals surface area contributed by atoms with Crippen molar-refractivity contribution in [3.05, 3.63) is 111 Å². The van der Waals surface area contributed by atoms with Gasteiger partial charge in [0.2, 0.25) is 0 Å². The first kappa shape index (κ1) is 61.8. The predicted octanol–water partition coefficient (Wildman–Crippen LogP) is 12.4. The number of carbonyl (C=O) groups is 4. The number of aromatic nitrogens is 2. The van der Waals surface area contributed by atoms with Crippen LogP contribution in [0.5, 0.6) is 11.5 Å². The van der Waals surface area contributed by atoms with Crippen LogP contribution in [0.25, 0.3) is 16.5 Å². The molecule has 5 aromatic rings. The van der Waals surface area contributed by atoms with Crippen molar-refractivity contribution in [3.8, 4) is 11.5 Å². The first-order valence-electron chi connectivity index (χ1n) is 27.7. The van der Waals surface area contributed by atoms with Crippen LogP contribution < -0.4 is 24.2 Å². The molecule has 3 heterocycles. The van der Waals surface area contributed by atoms with Crippen molar-refractivity contribution in [1.82, 2.24) is 19.4 Å². The van der Waals surface area contributed by atoms with Gasteiger partial charge in [-0.15, -0.1) is 5.10 Å². The summed E-state index contributed by atoms with van der Waals surface area (Å²) >= 11 is 6.30. The number of sulfonamides is 1. The van der Waals surface area contributed by atoms with E-state index in [2.05, 4.69) is 45.6 Å². The van der Waals surface area contributed by atoms with E-state index < -0.39 is 72.3 Å². The fraction of sp³-hybridized carbons (Fsp3) is 0.483. The Morgan fingerprint density at radius 3 is 2.06 bits per heavy atom. The number of ether oxygens (including phenoxy) is 5. The van der Waals surface area contributed by atoms with Crippen molar-refractivity contribution in [2.45, 2.75) is 136 Å². The fourth-order valence-electron chi connectivity index (χ4n) is 10.3. The van der Waals surface area contributed by atoms with Crippen LogP contribution in [-0.4, -0.2) is 128 Å². The van der Waals surface area contributed by atoms with Crippen molar-refractivity contribution < 1.29 is 56.2 Å². The molecule has 1 N–H and O–H groups in total. The molecule has 0 bridgehead atoms. The number of fused-ring (bicyclic) bond motifs is 1. The molecule has 2 aliphatic heterocycles. The summed E-state index contributed by atoms with van der Waals surface area (Å²) in [4.78, 5) is 75.4. The molecule has 2 fully saturated rings. The lowest BCUT2D eigenvalue weighted by atomic mass is 9.72. The maximum Gasteiger partial charge on any atom is 0.435 e. The Hall–Kier alpha value is -7.27. The second kappa shape index (κ2) is 24.1. The van der Waals surface area contributed by atoms with Gasteiger partial charge in [-0.3, -0.25) is 19.8 Å². The van der Waals surface area contributed by atoms with Gasteiger partial charge in [-0.1, -0.05) is 49.2 Å². The van der Waals surface area contributed by atoms with E-state index in [0.717, 1.165) is 42.1 Å². The number of nitro groups is 1. The van der Waals surface area contributed by atoms with Crippen LogP contribution in [0.2, 0.25) is 5.02 Å². The lowest BCUT2D eigenvalue weighted by molar-refractivity contribution is -0.384. The Kier molecular flexibility index (Phi) is 18.0. The van der Waals surface area contributed by atoms with Crippen molar-refractivity contribution >= 4 is 85.2 Å². The number of hydrogen-bond acceptors (Lipinski definition) is 17. The molecule has 0 saturated carbocycles. The Labute approximate surface area is 489 Å². The summed E-state index contributed by atoms with van der Waals surface area (Å²) in [7, 11) is -3.12. The summed E-state index contributed by atoms with van der Waals surface area (Å²) in [6.45, 7) is 23.3. The third kappa shape index (κ3) is 15.1. The van der Waals surface area contributed by atoms with Crippen LogP contribution >= 0.6 is 11.6 Å². The largest absolute Gasteiger partial charge is 0.456 e. The zero-order valence-corrected chi connectivity index (χ0v) is 50.9. The Balaban J connectivity index is 1.20. The quantitative estimate of drug-likeness (QED) is 0.0655. The highest BCUT2D eigenvalue weighted by atomic mass is 35.5. The number of rotatable bonds is 13. The minimum atomic E-state index is -4.82. The van der Waals surface area contributed by atoms with Gasteiger partial charge in [-0.25, -0.2) is 27.5 Å². The maximum absolute atomic E-state index is 14.7. The van der Waals surface area contributed by atoms with Gasteiger partial charge in [-0.05, 0) is 160 Å². The van der Waals surface area contributed by atoms with E-state index in [1.807, 2.05) is 12.1 Å². The second-order valence-electron chi connectivity index (χ2n) is 24.9. The highest BCUT2D eigenvalue weighted by molar-refractivity contribution is 7.90. The van der Waals surface area contributed by atoms with Gasteiger partial charge in [0.05, 0.1) is 26.3 Å². The van der Waals surface area contributed by atoms with E-state index >= 15 is 0 Å². The first-order chi connectivity index (χ1) is 38.8. The number of nitrogens with zero attached hydrogens (tertiary/aromatic N) is 7. The average Bonchev–Trinajstić information content (AvgIpc) is 3.03. The smallest absolute Gasteiger partial charge is 0.435 e. The molecule has 0 unspecified atom stereocenters. The van der Waals surface area contributed by atoms with E-state index in [0.29, 0.717) is 67.8 Å². The normalized spacial score (nSPS) is 16.5. The van der Waals surface area contributed by atoms with Gasteiger partial charge >= 0.3 is 18.3 Å². The zero-order chi connectivity index (χ0) is 60.6. The highest BCUT2D eigenvalue weighted by Crippen LogP contribution is 2.45. The number of allylic oxidation sites excluding steroid dienone is 1. The number of benzene rings is 4. The molecule has 21 nitrogen and oxygen atoms in total. The second-order valence-corrected chi connectivity index (χ2v) is 27.1. The molecule has 3 amide bonds. The van der Waals surface area contributed by atoms with E-state index in [4.69, 9.17) is 35.3 Å². The molecule has 83 heavy (non-hydrogen) atoms. The van der Waals surface area contributed by atoms with Gasteiger partial charge in [-0.2, -0.15) is 9.58 Å². The number of anilines is 3. The molecule has 0 atom stereocenters. The van der Waals surface area contributed by atoms with Crippen molar-refractivity contribution in [2.24, 2.45) is 5.41 Å². The van der Waals surface area contributed by atoms with Crippen LogP contribution in [0, 0.1) is 15.5 Å². The number of hydrogen-bond donors (Lipinski definition) is 1. The number of nitro benzene ring substituents is 1. The highest BCUT2D eigenvalue weighted by Gasteiger charge is 2.39. The molecule has 23 heteroatoms. The molecule has 2 saturated heterocycles. The van der Waals surface area contributed by atoms with Gasteiger partial charge in [0.15, 0.2) is 5.82 Å². The van der Waals surface area contributed by atoms with Gasteiger partial charge in [0.1, 0.15) is 34.0 Å². The number of carbonyl (C=O) groups excluding carboxylic acids is 4. The predicted molar refractivity (Wildman–Crippen MR) is 317 cm³/mol. The maximum atomic E-state index is 14.7. The van der Waals surface area contributed by atoms with Crippen LogP contribution in [0.1, 0.15) is 124 Å². The SMILES string of the molecule is CN(c1ccc(S(=O)(=O)NC(=O)c2ccc(N3CCN(CC4=C(c5ccc(Cl)cc5)CC(C)(C)CC4)CC3)cc2Oc2cccc3c2c(N(C(=O)OC(C)(C)C)C(=O)OC(C)(C)C)nn3C(=O)OC(C)(C)C)cc1[N+](=O)[O-])C1CCOCC1. The Morgan fingerprint density at radius 2 is 1.46 bits per heavy atom. The van der Waals surface area contributed by atoms with Gasteiger partial charge in [0, 0.05) is 81.9 Å². The average molecular weight is 1180 g/mol. The van der Waals surface area contributed by atoms with Crippen molar-refractivity contribution in [3.63, 3.8) is 0 Å². The fourth-order valence-corrected chi connectivity index (χ4v) is 11.4. The summed E-state index contributed by atoms with van der Waals surface area (Å²) < 4.78 is 60.9. The third-order valence-corrected chi connectivity index (χ3v) is 15.9. The third-order valence-electron chi connectivity index (χ3n) is 14.3. The van der Waals surface area contributed by atoms with Crippen LogP contribution in [-0.2, 0) is 29.0 Å². The number of amides is 3. The van der Waals surface area contributed by atoms with E-state index in [9.17, 15) is 37.7 Å². The zero-order valence-electron chi connectivity index (χ0n) is 49.3. The summed E-state index contributed by atoms with van der Waals surface area (Å²) in [6, 6.07) is 20.5. The number of nitrogens with one attached hydrogen (secondary N) is 1. The van der Waals surface area contributed by atoms with Crippen molar-refractivity contribution in [2.75, 3.05) is 67.7 Å². The van der Waals surface area contributed by atoms with Crippen LogP contribution in [0.4, 0.5) is 37.3 Å². The number of imide groups is 1. The van der Waals surface area contributed by atoms with E-state index in [-0.39, 0.29) is 45.1 Å². The molecule has 1 aliphatic carbocycles. The number of halogens is 1. The first-order valence-corrected chi connectivity index (χ1v) is 29.6. The summed E-state index contributed by atoms with van der Waals surface area (Å²) in [5.74, 6) is -1.97.